The van der Waals surface area contributed by atoms with Gasteiger partial charge >= 0.3 is 0 Å². The van der Waals surface area contributed by atoms with Gasteiger partial charge in [-0.05, 0) is 55.0 Å². The van der Waals surface area contributed by atoms with E-state index in [2.05, 4.69) is 15.5 Å². The first-order valence-corrected chi connectivity index (χ1v) is 10.9. The first kappa shape index (κ1) is 21.6. The standard InChI is InChI=1S/C24H21FN4O2S/c1-16-27-28-24(29(16)21-8-3-4-9-22(21)31-2)32-15-17-10-12-18(13-11-17)23(30)26-20-7-5-6-19(25)14-20/h3-14H,15H2,1-2H3,(H,26,30). The number of anilines is 1. The SMILES string of the molecule is COc1ccccc1-n1c(C)nnc1SCc1ccc(C(=O)Nc2cccc(F)c2)cc1. The number of nitrogens with zero attached hydrogens (tertiary/aromatic N) is 3. The van der Waals surface area contributed by atoms with Gasteiger partial charge in [0.25, 0.3) is 5.91 Å². The van der Waals surface area contributed by atoms with E-state index in [4.69, 9.17) is 4.74 Å². The van der Waals surface area contributed by atoms with Crippen LogP contribution < -0.4 is 10.1 Å². The molecule has 0 radical (unpaired) electrons. The zero-order valence-electron chi connectivity index (χ0n) is 17.6. The Morgan fingerprint density at radius 2 is 1.84 bits per heavy atom. The number of ether oxygens (including phenoxy) is 1. The predicted octanol–water partition coefficient (Wildman–Crippen LogP) is 5.27. The summed E-state index contributed by atoms with van der Waals surface area (Å²) in [4.78, 5) is 12.4. The Balaban J connectivity index is 1.45. The molecule has 8 heteroatoms. The molecule has 4 rings (SSSR count). The number of benzene rings is 3. The molecule has 0 aliphatic carbocycles. The van der Waals surface area contributed by atoms with Crippen molar-refractivity contribution in [2.24, 2.45) is 0 Å². The van der Waals surface area contributed by atoms with Crippen molar-refractivity contribution in [3.05, 3.63) is 95.6 Å². The molecule has 0 fully saturated rings. The maximum atomic E-state index is 13.3. The Bertz CT molecular complexity index is 1240. The van der Waals surface area contributed by atoms with Gasteiger partial charge in [0.15, 0.2) is 5.16 Å². The number of halogens is 1. The summed E-state index contributed by atoms with van der Waals surface area (Å²) in [6.45, 7) is 1.90. The number of carbonyl (C=O) groups is 1. The van der Waals surface area contributed by atoms with Crippen LogP contribution in [0.15, 0.2) is 78.0 Å². The van der Waals surface area contributed by atoms with Crippen LogP contribution in [0, 0.1) is 12.7 Å². The molecule has 0 atom stereocenters. The highest BCUT2D eigenvalue weighted by Crippen LogP contribution is 2.30. The quantitative estimate of drug-likeness (QED) is 0.390. The Labute approximate surface area is 189 Å². The van der Waals surface area contributed by atoms with Crippen LogP contribution in [0.3, 0.4) is 0 Å². The first-order chi connectivity index (χ1) is 15.5. The molecule has 0 unspecified atom stereocenters. The minimum atomic E-state index is -0.397. The molecule has 1 heterocycles. The van der Waals surface area contributed by atoms with E-state index in [1.165, 1.54) is 12.1 Å². The van der Waals surface area contributed by atoms with Gasteiger partial charge in [-0.3, -0.25) is 9.36 Å². The maximum Gasteiger partial charge on any atom is 0.255 e. The average Bonchev–Trinajstić information content (AvgIpc) is 3.18. The van der Waals surface area contributed by atoms with Crippen molar-refractivity contribution in [2.75, 3.05) is 12.4 Å². The van der Waals surface area contributed by atoms with Crippen molar-refractivity contribution in [2.45, 2.75) is 17.8 Å². The minimum Gasteiger partial charge on any atom is -0.495 e. The summed E-state index contributed by atoms with van der Waals surface area (Å²) in [6, 6.07) is 20.8. The van der Waals surface area contributed by atoms with Crippen LogP contribution in [0.25, 0.3) is 5.69 Å². The van der Waals surface area contributed by atoms with E-state index in [9.17, 15) is 9.18 Å². The molecular weight excluding hydrogens is 427 g/mol. The second-order valence-electron chi connectivity index (χ2n) is 6.99. The molecule has 32 heavy (non-hydrogen) atoms. The van der Waals surface area contributed by atoms with Crippen LogP contribution in [-0.2, 0) is 5.75 Å². The third-order valence-corrected chi connectivity index (χ3v) is 5.79. The topological polar surface area (TPSA) is 69.0 Å². The largest absolute Gasteiger partial charge is 0.495 e. The predicted molar refractivity (Wildman–Crippen MR) is 123 cm³/mol. The molecule has 0 aliphatic heterocycles. The van der Waals surface area contributed by atoms with Gasteiger partial charge in [-0.1, -0.05) is 42.1 Å². The first-order valence-electron chi connectivity index (χ1n) is 9.89. The number of methoxy groups -OCH3 is 1. The van der Waals surface area contributed by atoms with Gasteiger partial charge in [0.05, 0.1) is 12.8 Å². The number of hydrogen-bond acceptors (Lipinski definition) is 5. The van der Waals surface area contributed by atoms with Crippen molar-refractivity contribution in [1.29, 1.82) is 0 Å². The van der Waals surface area contributed by atoms with Gasteiger partial charge in [-0.2, -0.15) is 0 Å². The highest BCUT2D eigenvalue weighted by Gasteiger charge is 2.15. The number of rotatable bonds is 7. The Hall–Kier alpha value is -3.65. The molecule has 4 aromatic rings. The van der Waals surface area contributed by atoms with Crippen molar-refractivity contribution in [1.82, 2.24) is 14.8 Å². The smallest absolute Gasteiger partial charge is 0.255 e. The van der Waals surface area contributed by atoms with Crippen molar-refractivity contribution in [3.8, 4) is 11.4 Å². The fraction of sp³-hybridized carbons (Fsp3) is 0.125. The van der Waals surface area contributed by atoms with Crippen LogP contribution in [0.4, 0.5) is 10.1 Å². The Morgan fingerprint density at radius 1 is 1.06 bits per heavy atom. The average molecular weight is 449 g/mol. The summed E-state index contributed by atoms with van der Waals surface area (Å²) in [7, 11) is 1.64. The lowest BCUT2D eigenvalue weighted by atomic mass is 10.1. The lowest BCUT2D eigenvalue weighted by Crippen LogP contribution is -2.11. The van der Waals surface area contributed by atoms with E-state index in [-0.39, 0.29) is 5.91 Å². The highest BCUT2D eigenvalue weighted by molar-refractivity contribution is 7.98. The number of thioether (sulfide) groups is 1. The number of aryl methyl sites for hydroxylation is 1. The number of hydrogen-bond donors (Lipinski definition) is 1. The van der Waals surface area contributed by atoms with Crippen LogP contribution in [-0.4, -0.2) is 27.8 Å². The van der Waals surface area contributed by atoms with E-state index >= 15 is 0 Å². The molecule has 6 nitrogen and oxygen atoms in total. The Morgan fingerprint density at radius 3 is 2.59 bits per heavy atom. The van der Waals surface area contributed by atoms with Crippen LogP contribution in [0.2, 0.25) is 0 Å². The fourth-order valence-electron chi connectivity index (χ4n) is 3.20. The van der Waals surface area contributed by atoms with Crippen molar-refractivity contribution in [3.63, 3.8) is 0 Å². The number of nitrogens with one attached hydrogen (secondary N) is 1. The van der Waals surface area contributed by atoms with E-state index < -0.39 is 5.82 Å². The zero-order chi connectivity index (χ0) is 22.5. The molecule has 1 N–H and O–H groups in total. The monoisotopic (exact) mass is 448 g/mol. The summed E-state index contributed by atoms with van der Waals surface area (Å²) >= 11 is 1.55. The molecule has 0 saturated heterocycles. The fourth-order valence-corrected chi connectivity index (χ4v) is 4.14. The van der Waals surface area contributed by atoms with E-state index in [0.29, 0.717) is 17.0 Å². The molecule has 3 aromatic carbocycles. The molecule has 0 bridgehead atoms. The zero-order valence-corrected chi connectivity index (χ0v) is 18.4. The second kappa shape index (κ2) is 9.65. The highest BCUT2D eigenvalue weighted by atomic mass is 32.2. The van der Waals surface area contributed by atoms with Crippen molar-refractivity contribution < 1.29 is 13.9 Å². The maximum absolute atomic E-state index is 13.3. The van der Waals surface area contributed by atoms with Gasteiger partial charge < -0.3 is 10.1 Å². The van der Waals surface area contributed by atoms with Crippen LogP contribution in [0.5, 0.6) is 5.75 Å². The molecule has 1 amide bonds. The van der Waals surface area contributed by atoms with E-state index in [0.717, 1.165) is 28.0 Å². The van der Waals surface area contributed by atoms with Crippen LogP contribution >= 0.6 is 11.8 Å². The summed E-state index contributed by atoms with van der Waals surface area (Å²) in [5, 5.41) is 12.0. The number of carbonyl (C=O) groups excluding carboxylic acids is 1. The van der Waals surface area contributed by atoms with Gasteiger partial charge in [0.1, 0.15) is 17.4 Å². The van der Waals surface area contributed by atoms with Crippen LogP contribution in [0.1, 0.15) is 21.7 Å². The molecule has 0 saturated carbocycles. The van der Waals surface area contributed by atoms with Crippen molar-refractivity contribution >= 4 is 23.4 Å². The van der Waals surface area contributed by atoms with E-state index in [1.54, 1.807) is 43.1 Å². The molecule has 0 aliphatic rings. The second-order valence-corrected chi connectivity index (χ2v) is 7.93. The lowest BCUT2D eigenvalue weighted by molar-refractivity contribution is 0.102. The summed E-state index contributed by atoms with van der Waals surface area (Å²) in [6.07, 6.45) is 0. The summed E-state index contributed by atoms with van der Waals surface area (Å²) in [5.74, 6) is 1.47. The third-order valence-electron chi connectivity index (χ3n) is 4.79. The normalized spacial score (nSPS) is 10.7. The number of amides is 1. The van der Waals surface area contributed by atoms with Gasteiger partial charge in [0, 0.05) is 17.0 Å². The van der Waals surface area contributed by atoms with E-state index in [1.807, 2.05) is 47.9 Å². The number of para-hydroxylation sites is 2. The molecular formula is C24H21FN4O2S. The number of aromatic nitrogens is 3. The van der Waals surface area contributed by atoms with Gasteiger partial charge in [0.2, 0.25) is 0 Å². The Kier molecular flexibility index (Phi) is 6.51. The summed E-state index contributed by atoms with van der Waals surface area (Å²) in [5.41, 5.74) is 2.82. The molecule has 0 spiro atoms. The molecule has 1 aromatic heterocycles. The third kappa shape index (κ3) is 4.81. The van der Waals surface area contributed by atoms with Gasteiger partial charge in [-0.15, -0.1) is 10.2 Å². The molecule has 162 valence electrons. The lowest BCUT2D eigenvalue weighted by Gasteiger charge is -2.12. The summed E-state index contributed by atoms with van der Waals surface area (Å²) < 4.78 is 20.8. The minimum absolute atomic E-state index is 0.290. The van der Waals surface area contributed by atoms with Gasteiger partial charge in [-0.25, -0.2) is 4.39 Å².